The van der Waals surface area contributed by atoms with E-state index >= 15 is 0 Å². The smallest absolute Gasteiger partial charge is 0.265 e. The lowest BCUT2D eigenvalue weighted by Crippen LogP contribution is -2.34. The van der Waals surface area contributed by atoms with E-state index in [4.69, 9.17) is 4.74 Å². The van der Waals surface area contributed by atoms with Crippen LogP contribution >= 0.6 is 0 Å². The van der Waals surface area contributed by atoms with Crippen molar-refractivity contribution >= 4 is 27.3 Å². The molecule has 1 aliphatic heterocycles. The summed E-state index contributed by atoms with van der Waals surface area (Å²) in [6.07, 6.45) is 5.54. The number of amides is 1. The van der Waals surface area contributed by atoms with Crippen LogP contribution in [0.3, 0.4) is 0 Å². The molecule has 2 aromatic carbocycles. The van der Waals surface area contributed by atoms with Gasteiger partial charge in [-0.15, -0.1) is 0 Å². The maximum atomic E-state index is 12.7. The monoisotopic (exact) mass is 400 g/mol. The van der Waals surface area contributed by atoms with Crippen LogP contribution in [-0.4, -0.2) is 20.4 Å². The Bertz CT molecular complexity index is 980. The topological polar surface area (TPSA) is 84.5 Å². The number of ether oxygens (including phenoxy) is 1. The summed E-state index contributed by atoms with van der Waals surface area (Å²) < 4.78 is 33.6. The van der Waals surface area contributed by atoms with Crippen molar-refractivity contribution in [3.05, 3.63) is 48.0 Å². The highest BCUT2D eigenvalue weighted by Crippen LogP contribution is 2.34. The molecule has 2 aromatic rings. The van der Waals surface area contributed by atoms with Crippen LogP contribution in [0.5, 0.6) is 5.75 Å². The van der Waals surface area contributed by atoms with E-state index in [0.717, 1.165) is 0 Å². The summed E-state index contributed by atoms with van der Waals surface area (Å²) in [5.41, 5.74) is 2.03. The van der Waals surface area contributed by atoms with Crippen molar-refractivity contribution in [3.63, 3.8) is 0 Å². The van der Waals surface area contributed by atoms with E-state index in [1.807, 2.05) is 12.1 Å². The Hall–Kier alpha value is -2.54. The van der Waals surface area contributed by atoms with Gasteiger partial charge in [0.1, 0.15) is 5.75 Å². The summed E-state index contributed by atoms with van der Waals surface area (Å²) in [5.74, 6) is 0.794. The zero-order valence-electron chi connectivity index (χ0n) is 15.8. The first-order valence-corrected chi connectivity index (χ1v) is 11.1. The molecule has 7 heteroatoms. The second-order valence-corrected chi connectivity index (χ2v) is 9.15. The standard InChI is InChI=1S/C21H24N2O4S/c1-14-21(24)22-19-13-17(9-12-20(19)27-14)23-28(25,26)18-10-7-16(8-11-18)15-5-3-2-4-6-15/h7-15,23H,2-6H2,1H3,(H,22,24)/t14-/m1/s1. The molecule has 1 saturated carbocycles. The van der Waals surface area contributed by atoms with Gasteiger partial charge in [-0.05, 0) is 61.6 Å². The number of anilines is 2. The first kappa shape index (κ1) is 18.8. The maximum absolute atomic E-state index is 12.7. The van der Waals surface area contributed by atoms with Gasteiger partial charge < -0.3 is 10.1 Å². The van der Waals surface area contributed by atoms with Crippen LogP contribution in [0, 0.1) is 0 Å². The third-order valence-corrected chi connectivity index (χ3v) is 6.83. The van der Waals surface area contributed by atoms with Crippen molar-refractivity contribution in [1.29, 1.82) is 0 Å². The van der Waals surface area contributed by atoms with E-state index in [0.29, 0.717) is 23.0 Å². The lowest BCUT2D eigenvalue weighted by molar-refractivity contribution is -0.122. The van der Waals surface area contributed by atoms with Gasteiger partial charge in [-0.25, -0.2) is 8.42 Å². The van der Waals surface area contributed by atoms with Gasteiger partial charge in [0.05, 0.1) is 16.3 Å². The number of rotatable bonds is 4. The van der Waals surface area contributed by atoms with Crippen molar-refractivity contribution in [3.8, 4) is 5.75 Å². The molecule has 1 aliphatic carbocycles. The molecule has 28 heavy (non-hydrogen) atoms. The highest BCUT2D eigenvalue weighted by atomic mass is 32.2. The van der Waals surface area contributed by atoms with Crippen LogP contribution in [0.2, 0.25) is 0 Å². The molecule has 148 valence electrons. The lowest BCUT2D eigenvalue weighted by atomic mass is 9.84. The van der Waals surface area contributed by atoms with Crippen LogP contribution in [0.25, 0.3) is 0 Å². The number of nitrogens with one attached hydrogen (secondary N) is 2. The number of carbonyl (C=O) groups excluding carboxylic acids is 1. The van der Waals surface area contributed by atoms with Gasteiger partial charge in [0, 0.05) is 0 Å². The van der Waals surface area contributed by atoms with E-state index in [-0.39, 0.29) is 10.8 Å². The molecular weight excluding hydrogens is 376 g/mol. The van der Waals surface area contributed by atoms with E-state index in [9.17, 15) is 13.2 Å². The molecule has 0 unspecified atom stereocenters. The molecule has 4 rings (SSSR count). The van der Waals surface area contributed by atoms with Crippen LogP contribution in [0.1, 0.15) is 50.5 Å². The molecule has 0 saturated heterocycles. The molecule has 0 radical (unpaired) electrons. The fourth-order valence-corrected chi connectivity index (χ4v) is 4.89. The summed E-state index contributed by atoms with van der Waals surface area (Å²) in [6, 6.07) is 12.0. The van der Waals surface area contributed by atoms with Gasteiger partial charge in [0.2, 0.25) is 0 Å². The maximum Gasteiger partial charge on any atom is 0.265 e. The fourth-order valence-electron chi connectivity index (χ4n) is 3.84. The van der Waals surface area contributed by atoms with Gasteiger partial charge in [0.15, 0.2) is 6.10 Å². The third kappa shape index (κ3) is 3.85. The molecule has 2 aliphatic rings. The Morgan fingerprint density at radius 2 is 1.75 bits per heavy atom. The molecule has 0 aromatic heterocycles. The van der Waals surface area contributed by atoms with Gasteiger partial charge in [0.25, 0.3) is 15.9 Å². The van der Waals surface area contributed by atoms with Gasteiger partial charge in [-0.2, -0.15) is 0 Å². The largest absolute Gasteiger partial charge is 0.479 e. The normalized spacial score (nSPS) is 20.0. The van der Waals surface area contributed by atoms with Gasteiger partial charge >= 0.3 is 0 Å². The van der Waals surface area contributed by atoms with Crippen molar-refractivity contribution in [2.24, 2.45) is 0 Å². The van der Waals surface area contributed by atoms with E-state index in [2.05, 4.69) is 10.0 Å². The van der Waals surface area contributed by atoms with Crippen molar-refractivity contribution in [1.82, 2.24) is 0 Å². The molecule has 0 spiro atoms. The quantitative estimate of drug-likeness (QED) is 0.803. The van der Waals surface area contributed by atoms with Crippen LogP contribution in [0.15, 0.2) is 47.4 Å². The Balaban J connectivity index is 1.51. The first-order valence-electron chi connectivity index (χ1n) is 9.67. The van der Waals surface area contributed by atoms with Gasteiger partial charge in [-0.3, -0.25) is 9.52 Å². The number of sulfonamides is 1. The Kier molecular flexibility index (Phi) is 5.02. The first-order chi connectivity index (χ1) is 13.4. The average molecular weight is 401 g/mol. The minimum absolute atomic E-state index is 0.221. The minimum Gasteiger partial charge on any atom is -0.479 e. The Morgan fingerprint density at radius 3 is 2.46 bits per heavy atom. The molecule has 1 fully saturated rings. The minimum atomic E-state index is -3.72. The Labute approximate surface area is 165 Å². The number of benzene rings is 2. The highest BCUT2D eigenvalue weighted by Gasteiger charge is 2.24. The summed E-state index contributed by atoms with van der Waals surface area (Å²) in [7, 11) is -3.72. The molecular formula is C21H24N2O4S. The number of carbonyl (C=O) groups is 1. The summed E-state index contributed by atoms with van der Waals surface area (Å²) in [5, 5.41) is 2.72. The molecule has 6 nitrogen and oxygen atoms in total. The number of hydrogen-bond donors (Lipinski definition) is 2. The van der Waals surface area contributed by atoms with Crippen molar-refractivity contribution in [2.75, 3.05) is 10.0 Å². The third-order valence-electron chi connectivity index (χ3n) is 5.43. The SMILES string of the molecule is C[C@H]1Oc2ccc(NS(=O)(=O)c3ccc(C4CCCCC4)cc3)cc2NC1=O. The molecule has 1 atom stereocenters. The summed E-state index contributed by atoms with van der Waals surface area (Å²) in [4.78, 5) is 12.0. The molecule has 0 bridgehead atoms. The Morgan fingerprint density at radius 1 is 1.04 bits per heavy atom. The van der Waals surface area contributed by atoms with Crippen LogP contribution in [0.4, 0.5) is 11.4 Å². The second kappa shape index (κ2) is 7.47. The molecule has 2 N–H and O–H groups in total. The van der Waals surface area contributed by atoms with Crippen molar-refractivity contribution in [2.45, 2.75) is 55.9 Å². The highest BCUT2D eigenvalue weighted by molar-refractivity contribution is 7.92. The van der Waals surface area contributed by atoms with Crippen molar-refractivity contribution < 1.29 is 17.9 Å². The number of hydrogen-bond acceptors (Lipinski definition) is 4. The zero-order chi connectivity index (χ0) is 19.7. The predicted octanol–water partition coefficient (Wildman–Crippen LogP) is 4.25. The fraction of sp³-hybridized carbons (Fsp3) is 0.381. The predicted molar refractivity (Wildman–Crippen MR) is 108 cm³/mol. The van der Waals surface area contributed by atoms with Crippen LogP contribution < -0.4 is 14.8 Å². The number of fused-ring (bicyclic) bond motifs is 1. The lowest BCUT2D eigenvalue weighted by Gasteiger charge is -2.24. The summed E-state index contributed by atoms with van der Waals surface area (Å²) in [6.45, 7) is 1.66. The zero-order valence-corrected chi connectivity index (χ0v) is 16.6. The van der Waals surface area contributed by atoms with E-state index in [1.54, 1.807) is 37.3 Å². The average Bonchev–Trinajstić information content (AvgIpc) is 2.70. The summed E-state index contributed by atoms with van der Waals surface area (Å²) >= 11 is 0. The second-order valence-electron chi connectivity index (χ2n) is 7.47. The van der Waals surface area contributed by atoms with Gasteiger partial charge in [-0.1, -0.05) is 31.4 Å². The van der Waals surface area contributed by atoms with E-state index in [1.165, 1.54) is 37.7 Å². The van der Waals surface area contributed by atoms with E-state index < -0.39 is 16.1 Å². The van der Waals surface area contributed by atoms with Crippen LogP contribution in [-0.2, 0) is 14.8 Å². The molecule has 1 amide bonds. The molecule has 1 heterocycles.